The van der Waals surface area contributed by atoms with E-state index in [1.54, 1.807) is 36.4 Å². The summed E-state index contributed by atoms with van der Waals surface area (Å²) >= 11 is 0. The summed E-state index contributed by atoms with van der Waals surface area (Å²) in [6.45, 7) is 0. The summed E-state index contributed by atoms with van der Waals surface area (Å²) in [6.07, 6.45) is 1.35. The maximum Gasteiger partial charge on any atom is 0.248 e. The lowest BCUT2D eigenvalue weighted by atomic mass is 10.1. The maximum atomic E-state index is 11.6. The second kappa shape index (κ2) is 4.81. The number of benzene rings is 2. The fraction of sp³-hybridized carbons (Fsp3) is 0.125. The molecule has 0 bridgehead atoms. The molecular formula is C16H13NO3. The lowest BCUT2D eigenvalue weighted by Crippen LogP contribution is -2.10. The fourth-order valence-electron chi connectivity index (χ4n) is 2.32. The van der Waals surface area contributed by atoms with Crippen LogP contribution in [-0.4, -0.2) is 11.7 Å². The standard InChI is InChI=1S/C16H13NO3/c17-16(19)10-1-4-12(5-2-10)20-13-6-7-14-11(9-13)3-8-15(14)18/h1-2,4-7,9H,3,8H2,(H2,17,19). The van der Waals surface area contributed by atoms with Crippen LogP contribution in [0, 0.1) is 0 Å². The van der Waals surface area contributed by atoms with Gasteiger partial charge in [-0.25, -0.2) is 0 Å². The van der Waals surface area contributed by atoms with Crippen molar-refractivity contribution in [1.29, 1.82) is 0 Å². The van der Waals surface area contributed by atoms with Crippen LogP contribution in [0.3, 0.4) is 0 Å². The Kier molecular flexibility index (Phi) is 2.99. The molecule has 0 aliphatic heterocycles. The molecule has 1 aliphatic carbocycles. The first-order valence-corrected chi connectivity index (χ1v) is 6.37. The van der Waals surface area contributed by atoms with Crippen LogP contribution < -0.4 is 10.5 Å². The molecule has 100 valence electrons. The summed E-state index contributed by atoms with van der Waals surface area (Å²) in [5.41, 5.74) is 7.44. The average Bonchev–Trinajstić information content (AvgIpc) is 2.81. The molecule has 2 aromatic rings. The highest BCUT2D eigenvalue weighted by Gasteiger charge is 2.19. The van der Waals surface area contributed by atoms with Crippen molar-refractivity contribution in [3.8, 4) is 11.5 Å². The Balaban J connectivity index is 1.81. The number of ketones is 1. The SMILES string of the molecule is NC(=O)c1ccc(Oc2ccc3c(c2)CCC3=O)cc1. The lowest BCUT2D eigenvalue weighted by Gasteiger charge is -2.07. The number of ether oxygens (including phenoxy) is 1. The molecule has 3 rings (SSSR count). The number of carbonyl (C=O) groups is 2. The molecule has 0 aromatic heterocycles. The van der Waals surface area contributed by atoms with Crippen LogP contribution in [-0.2, 0) is 6.42 Å². The summed E-state index contributed by atoms with van der Waals surface area (Å²) in [6, 6.07) is 12.1. The molecule has 1 aliphatic rings. The summed E-state index contributed by atoms with van der Waals surface area (Å²) in [5, 5.41) is 0. The van der Waals surface area contributed by atoms with E-state index in [2.05, 4.69) is 0 Å². The number of amides is 1. The van der Waals surface area contributed by atoms with Gasteiger partial charge in [-0.1, -0.05) is 0 Å². The first-order chi connectivity index (χ1) is 9.63. The Hall–Kier alpha value is -2.62. The van der Waals surface area contributed by atoms with Crippen molar-refractivity contribution in [2.75, 3.05) is 0 Å². The highest BCUT2D eigenvalue weighted by molar-refractivity contribution is 6.00. The Bertz CT molecular complexity index is 689. The van der Waals surface area contributed by atoms with Crippen molar-refractivity contribution in [3.63, 3.8) is 0 Å². The number of hydrogen-bond donors (Lipinski definition) is 1. The fourth-order valence-corrected chi connectivity index (χ4v) is 2.32. The van der Waals surface area contributed by atoms with Gasteiger partial charge in [0.25, 0.3) is 0 Å². The smallest absolute Gasteiger partial charge is 0.248 e. The molecule has 0 atom stereocenters. The molecule has 0 saturated heterocycles. The number of nitrogens with two attached hydrogens (primary N) is 1. The summed E-state index contributed by atoms with van der Waals surface area (Å²) < 4.78 is 5.71. The molecule has 0 radical (unpaired) electrons. The molecule has 0 heterocycles. The van der Waals surface area contributed by atoms with Gasteiger partial charge in [0, 0.05) is 17.5 Å². The van der Waals surface area contributed by atoms with Crippen molar-refractivity contribution >= 4 is 11.7 Å². The third-order valence-electron chi connectivity index (χ3n) is 3.37. The Morgan fingerprint density at radius 2 is 1.70 bits per heavy atom. The van der Waals surface area contributed by atoms with E-state index < -0.39 is 5.91 Å². The van der Waals surface area contributed by atoms with Crippen molar-refractivity contribution in [2.24, 2.45) is 5.73 Å². The topological polar surface area (TPSA) is 69.4 Å². The molecule has 2 aromatic carbocycles. The van der Waals surface area contributed by atoms with Crippen molar-refractivity contribution < 1.29 is 14.3 Å². The zero-order valence-electron chi connectivity index (χ0n) is 10.8. The van der Waals surface area contributed by atoms with Gasteiger partial charge in [-0.15, -0.1) is 0 Å². The van der Waals surface area contributed by atoms with Crippen LogP contribution in [0.5, 0.6) is 11.5 Å². The van der Waals surface area contributed by atoms with E-state index in [1.165, 1.54) is 0 Å². The number of primary amides is 1. The normalized spacial score (nSPS) is 13.1. The molecule has 4 heteroatoms. The second-order valence-corrected chi connectivity index (χ2v) is 4.73. The van der Waals surface area contributed by atoms with Gasteiger partial charge >= 0.3 is 0 Å². The van der Waals surface area contributed by atoms with Gasteiger partial charge in [0.2, 0.25) is 5.91 Å². The Labute approximate surface area is 116 Å². The van der Waals surface area contributed by atoms with Crippen LogP contribution >= 0.6 is 0 Å². The van der Waals surface area contributed by atoms with Crippen LogP contribution in [0.2, 0.25) is 0 Å². The molecule has 0 saturated carbocycles. The average molecular weight is 267 g/mol. The third kappa shape index (κ3) is 2.28. The zero-order chi connectivity index (χ0) is 14.1. The summed E-state index contributed by atoms with van der Waals surface area (Å²) in [5.74, 6) is 1.04. The number of rotatable bonds is 3. The first kappa shape index (κ1) is 12.4. The van der Waals surface area contributed by atoms with Gasteiger partial charge in [-0.2, -0.15) is 0 Å². The van der Waals surface area contributed by atoms with Crippen LogP contribution in [0.1, 0.15) is 32.7 Å². The van der Waals surface area contributed by atoms with Gasteiger partial charge in [0.15, 0.2) is 5.78 Å². The minimum absolute atomic E-state index is 0.192. The molecular weight excluding hydrogens is 254 g/mol. The Morgan fingerprint density at radius 1 is 1.00 bits per heavy atom. The predicted octanol–water partition coefficient (Wildman–Crippen LogP) is 2.71. The van der Waals surface area contributed by atoms with E-state index >= 15 is 0 Å². The van der Waals surface area contributed by atoms with Crippen molar-refractivity contribution in [3.05, 3.63) is 59.2 Å². The highest BCUT2D eigenvalue weighted by atomic mass is 16.5. The Morgan fingerprint density at radius 3 is 2.40 bits per heavy atom. The van der Waals surface area contributed by atoms with Crippen molar-refractivity contribution in [1.82, 2.24) is 0 Å². The summed E-state index contributed by atoms with van der Waals surface area (Å²) in [7, 11) is 0. The predicted molar refractivity (Wildman–Crippen MR) is 74.1 cm³/mol. The lowest BCUT2D eigenvalue weighted by molar-refractivity contribution is 0.0988. The number of fused-ring (bicyclic) bond motifs is 1. The number of Topliss-reactive ketones (excluding diaryl/α,β-unsaturated/α-hetero) is 1. The quantitative estimate of drug-likeness (QED) is 0.929. The monoisotopic (exact) mass is 267 g/mol. The van der Waals surface area contributed by atoms with Gasteiger partial charge < -0.3 is 10.5 Å². The van der Waals surface area contributed by atoms with Gasteiger partial charge in [-0.05, 0) is 54.4 Å². The van der Waals surface area contributed by atoms with Gasteiger partial charge in [0.1, 0.15) is 11.5 Å². The molecule has 0 spiro atoms. The van der Waals surface area contributed by atoms with Crippen LogP contribution in [0.15, 0.2) is 42.5 Å². The molecule has 0 fully saturated rings. The van der Waals surface area contributed by atoms with E-state index in [0.29, 0.717) is 23.5 Å². The number of hydrogen-bond acceptors (Lipinski definition) is 3. The van der Waals surface area contributed by atoms with E-state index in [-0.39, 0.29) is 5.78 Å². The molecule has 2 N–H and O–H groups in total. The van der Waals surface area contributed by atoms with Crippen LogP contribution in [0.4, 0.5) is 0 Å². The first-order valence-electron chi connectivity index (χ1n) is 6.37. The maximum absolute atomic E-state index is 11.6. The van der Waals surface area contributed by atoms with E-state index in [1.807, 2.05) is 6.07 Å². The minimum atomic E-state index is -0.465. The molecule has 20 heavy (non-hydrogen) atoms. The largest absolute Gasteiger partial charge is 0.457 e. The van der Waals surface area contributed by atoms with Gasteiger partial charge in [-0.3, -0.25) is 9.59 Å². The van der Waals surface area contributed by atoms with E-state index in [0.717, 1.165) is 17.5 Å². The van der Waals surface area contributed by atoms with Crippen molar-refractivity contribution in [2.45, 2.75) is 12.8 Å². The number of aryl methyl sites for hydroxylation is 1. The molecule has 1 amide bonds. The molecule has 0 unspecified atom stereocenters. The third-order valence-corrected chi connectivity index (χ3v) is 3.37. The van der Waals surface area contributed by atoms with Gasteiger partial charge in [0.05, 0.1) is 0 Å². The minimum Gasteiger partial charge on any atom is -0.457 e. The summed E-state index contributed by atoms with van der Waals surface area (Å²) in [4.78, 5) is 22.5. The number of carbonyl (C=O) groups excluding carboxylic acids is 2. The van der Waals surface area contributed by atoms with E-state index in [9.17, 15) is 9.59 Å². The molecule has 4 nitrogen and oxygen atoms in total. The van der Waals surface area contributed by atoms with Crippen LogP contribution in [0.25, 0.3) is 0 Å². The second-order valence-electron chi connectivity index (χ2n) is 4.73. The highest BCUT2D eigenvalue weighted by Crippen LogP contribution is 2.29. The van der Waals surface area contributed by atoms with E-state index in [4.69, 9.17) is 10.5 Å². The zero-order valence-corrected chi connectivity index (χ0v) is 10.8.